The summed E-state index contributed by atoms with van der Waals surface area (Å²) in [5, 5.41) is 7.36. The van der Waals surface area contributed by atoms with Crippen LogP contribution in [0, 0.1) is 0 Å². The standard InChI is InChI=1S/C17H24N2OS/c1-2-21-15-8-7-14(10-15)19-17(20)16-9-12-5-3-4-6-13(12)11-18-16/h3-6,14-16,18H,2,7-11H2,1H3,(H,19,20). The maximum absolute atomic E-state index is 12.4. The third-order valence-corrected chi connectivity index (χ3v) is 5.76. The number of nitrogens with one attached hydrogen (secondary N) is 2. The Kier molecular flexibility index (Phi) is 4.86. The highest BCUT2D eigenvalue weighted by atomic mass is 32.2. The zero-order valence-electron chi connectivity index (χ0n) is 12.6. The molecule has 1 saturated carbocycles. The van der Waals surface area contributed by atoms with Gasteiger partial charge in [-0.1, -0.05) is 31.2 Å². The molecule has 2 N–H and O–H groups in total. The first kappa shape index (κ1) is 14.9. The number of carbonyl (C=O) groups is 1. The van der Waals surface area contributed by atoms with Gasteiger partial charge in [0, 0.05) is 17.8 Å². The second-order valence-corrected chi connectivity index (χ2v) is 7.58. The molecule has 1 aromatic rings. The van der Waals surface area contributed by atoms with Crippen LogP contribution in [0.5, 0.6) is 0 Å². The van der Waals surface area contributed by atoms with Gasteiger partial charge in [-0.05, 0) is 42.6 Å². The van der Waals surface area contributed by atoms with E-state index in [9.17, 15) is 4.79 Å². The van der Waals surface area contributed by atoms with E-state index in [0.29, 0.717) is 6.04 Å². The molecule has 0 bridgehead atoms. The average molecular weight is 304 g/mol. The monoisotopic (exact) mass is 304 g/mol. The van der Waals surface area contributed by atoms with Crippen molar-refractivity contribution in [2.75, 3.05) is 5.75 Å². The van der Waals surface area contributed by atoms with Crippen molar-refractivity contribution in [1.82, 2.24) is 10.6 Å². The summed E-state index contributed by atoms with van der Waals surface area (Å²) in [4.78, 5) is 12.4. The van der Waals surface area contributed by atoms with Gasteiger partial charge in [0.25, 0.3) is 0 Å². The summed E-state index contributed by atoms with van der Waals surface area (Å²) in [5.41, 5.74) is 2.63. The van der Waals surface area contributed by atoms with Gasteiger partial charge in [0.05, 0.1) is 6.04 Å². The van der Waals surface area contributed by atoms with E-state index in [1.165, 1.54) is 23.3 Å². The number of carbonyl (C=O) groups excluding carboxylic acids is 1. The van der Waals surface area contributed by atoms with Gasteiger partial charge in [0.1, 0.15) is 0 Å². The zero-order valence-corrected chi connectivity index (χ0v) is 13.4. The molecule has 2 aliphatic rings. The first-order valence-electron chi connectivity index (χ1n) is 7.98. The predicted molar refractivity (Wildman–Crippen MR) is 88.5 cm³/mol. The minimum absolute atomic E-state index is 0.0715. The van der Waals surface area contributed by atoms with E-state index in [0.717, 1.165) is 31.1 Å². The van der Waals surface area contributed by atoms with Gasteiger partial charge in [-0.25, -0.2) is 0 Å². The molecule has 1 aliphatic heterocycles. The van der Waals surface area contributed by atoms with Gasteiger partial charge < -0.3 is 10.6 Å². The van der Waals surface area contributed by atoms with Gasteiger partial charge >= 0.3 is 0 Å². The fourth-order valence-corrected chi connectivity index (χ4v) is 4.54. The van der Waals surface area contributed by atoms with Crippen LogP contribution in [0.25, 0.3) is 0 Å². The van der Waals surface area contributed by atoms with Gasteiger partial charge in [0.15, 0.2) is 0 Å². The van der Waals surface area contributed by atoms with E-state index in [1.807, 2.05) is 11.8 Å². The van der Waals surface area contributed by atoms with Crippen LogP contribution >= 0.6 is 11.8 Å². The number of thioether (sulfide) groups is 1. The number of amides is 1. The molecule has 1 heterocycles. The van der Waals surface area contributed by atoms with Crippen LogP contribution in [0.1, 0.15) is 37.3 Å². The van der Waals surface area contributed by atoms with Crippen molar-refractivity contribution in [3.8, 4) is 0 Å². The zero-order chi connectivity index (χ0) is 14.7. The second kappa shape index (κ2) is 6.84. The molecule has 0 spiro atoms. The molecule has 1 amide bonds. The number of fused-ring (bicyclic) bond motifs is 1. The Morgan fingerprint density at radius 3 is 2.95 bits per heavy atom. The van der Waals surface area contributed by atoms with Crippen LogP contribution in [0.3, 0.4) is 0 Å². The molecule has 4 heteroatoms. The van der Waals surface area contributed by atoms with E-state index in [1.54, 1.807) is 0 Å². The molecule has 1 fully saturated rings. The van der Waals surface area contributed by atoms with Gasteiger partial charge in [-0.3, -0.25) is 4.79 Å². The topological polar surface area (TPSA) is 41.1 Å². The maximum atomic E-state index is 12.4. The molecule has 0 aromatic heterocycles. The molecule has 1 aromatic carbocycles. The fraction of sp³-hybridized carbons (Fsp3) is 0.588. The largest absolute Gasteiger partial charge is 0.352 e. The van der Waals surface area contributed by atoms with Crippen molar-refractivity contribution in [1.29, 1.82) is 0 Å². The van der Waals surface area contributed by atoms with Crippen LogP contribution in [0.4, 0.5) is 0 Å². The van der Waals surface area contributed by atoms with E-state index in [-0.39, 0.29) is 11.9 Å². The lowest BCUT2D eigenvalue weighted by Crippen LogP contribution is -2.50. The van der Waals surface area contributed by atoms with Gasteiger partial charge in [-0.2, -0.15) is 11.8 Å². The molecule has 0 saturated heterocycles. The van der Waals surface area contributed by atoms with Crippen LogP contribution < -0.4 is 10.6 Å². The van der Waals surface area contributed by atoms with Crippen molar-refractivity contribution in [3.05, 3.63) is 35.4 Å². The Labute approximate surface area is 131 Å². The van der Waals surface area contributed by atoms with Crippen molar-refractivity contribution in [2.45, 2.75) is 56.5 Å². The molecule has 21 heavy (non-hydrogen) atoms. The summed E-state index contributed by atoms with van der Waals surface area (Å²) in [6.45, 7) is 3.01. The minimum Gasteiger partial charge on any atom is -0.352 e. The molecule has 0 radical (unpaired) electrons. The highest BCUT2D eigenvalue weighted by Gasteiger charge is 2.29. The maximum Gasteiger partial charge on any atom is 0.237 e. The molecule has 3 unspecified atom stereocenters. The predicted octanol–water partition coefficient (Wildman–Crippen LogP) is 2.49. The van der Waals surface area contributed by atoms with Gasteiger partial charge in [0.2, 0.25) is 5.91 Å². The Hall–Kier alpha value is -1.00. The van der Waals surface area contributed by atoms with Crippen LogP contribution in [0.15, 0.2) is 24.3 Å². The number of benzene rings is 1. The normalized spacial score (nSPS) is 28.1. The van der Waals surface area contributed by atoms with Crippen molar-refractivity contribution >= 4 is 17.7 Å². The smallest absolute Gasteiger partial charge is 0.237 e. The Morgan fingerprint density at radius 2 is 2.14 bits per heavy atom. The molecule has 114 valence electrons. The number of rotatable bonds is 4. The summed E-state index contributed by atoms with van der Waals surface area (Å²) < 4.78 is 0. The Morgan fingerprint density at radius 1 is 1.33 bits per heavy atom. The van der Waals surface area contributed by atoms with Crippen LogP contribution in [-0.4, -0.2) is 29.0 Å². The Balaban J connectivity index is 1.53. The SMILES string of the molecule is CCSC1CCC(NC(=O)C2Cc3ccccc3CN2)C1. The van der Waals surface area contributed by atoms with E-state index >= 15 is 0 Å². The third kappa shape index (κ3) is 3.61. The molecule has 3 nitrogen and oxygen atoms in total. The molecular formula is C17H24N2OS. The highest BCUT2D eigenvalue weighted by Crippen LogP contribution is 2.29. The van der Waals surface area contributed by atoms with Crippen molar-refractivity contribution in [2.24, 2.45) is 0 Å². The van der Waals surface area contributed by atoms with Crippen molar-refractivity contribution < 1.29 is 4.79 Å². The highest BCUT2D eigenvalue weighted by molar-refractivity contribution is 7.99. The third-order valence-electron chi connectivity index (χ3n) is 4.53. The van der Waals surface area contributed by atoms with E-state index < -0.39 is 0 Å². The molecule has 1 aliphatic carbocycles. The summed E-state index contributed by atoms with van der Waals surface area (Å²) in [6.07, 6.45) is 4.31. The van der Waals surface area contributed by atoms with E-state index in [4.69, 9.17) is 0 Å². The fourth-order valence-electron chi connectivity index (χ4n) is 3.40. The summed E-state index contributed by atoms with van der Waals surface area (Å²) >= 11 is 2.03. The molecular weight excluding hydrogens is 280 g/mol. The number of hydrogen-bond acceptors (Lipinski definition) is 3. The number of hydrogen-bond donors (Lipinski definition) is 2. The molecule has 3 atom stereocenters. The quantitative estimate of drug-likeness (QED) is 0.898. The lowest BCUT2D eigenvalue weighted by Gasteiger charge is -2.26. The van der Waals surface area contributed by atoms with Crippen LogP contribution in [0.2, 0.25) is 0 Å². The first-order chi connectivity index (χ1) is 10.3. The summed E-state index contributed by atoms with van der Waals surface area (Å²) in [5.74, 6) is 1.35. The summed E-state index contributed by atoms with van der Waals surface area (Å²) in [6, 6.07) is 8.70. The van der Waals surface area contributed by atoms with Crippen LogP contribution in [-0.2, 0) is 17.8 Å². The summed E-state index contributed by atoms with van der Waals surface area (Å²) in [7, 11) is 0. The lowest BCUT2D eigenvalue weighted by molar-refractivity contribution is -0.124. The Bertz CT molecular complexity index is 505. The first-order valence-corrected chi connectivity index (χ1v) is 9.03. The minimum atomic E-state index is -0.0715. The van der Waals surface area contributed by atoms with Crippen molar-refractivity contribution in [3.63, 3.8) is 0 Å². The molecule has 3 rings (SSSR count). The lowest BCUT2D eigenvalue weighted by atomic mass is 9.95. The second-order valence-electron chi connectivity index (χ2n) is 6.00. The van der Waals surface area contributed by atoms with Gasteiger partial charge in [-0.15, -0.1) is 0 Å². The van der Waals surface area contributed by atoms with E-state index in [2.05, 4.69) is 41.8 Å². The average Bonchev–Trinajstić information content (AvgIpc) is 2.94.